The summed E-state index contributed by atoms with van der Waals surface area (Å²) in [7, 11) is 0. The molecular formula is C22H25N3O2. The van der Waals surface area contributed by atoms with E-state index in [-0.39, 0.29) is 23.8 Å². The van der Waals surface area contributed by atoms with Gasteiger partial charge in [0.25, 0.3) is 0 Å². The smallest absolute Gasteiger partial charge is 0.220 e. The van der Waals surface area contributed by atoms with Crippen molar-refractivity contribution in [3.8, 4) is 0 Å². The summed E-state index contributed by atoms with van der Waals surface area (Å²) in [5, 5.41) is 3.03. The summed E-state index contributed by atoms with van der Waals surface area (Å²) in [6.45, 7) is 5.35. The van der Waals surface area contributed by atoms with Crippen LogP contribution in [0.3, 0.4) is 0 Å². The average Bonchev–Trinajstić information content (AvgIpc) is 3.06. The molecule has 0 radical (unpaired) electrons. The van der Waals surface area contributed by atoms with E-state index in [1.165, 1.54) is 0 Å². The number of rotatable bonds is 7. The van der Waals surface area contributed by atoms with Crippen molar-refractivity contribution < 1.29 is 9.59 Å². The maximum absolute atomic E-state index is 12.4. The molecule has 2 aromatic carbocycles. The minimum absolute atomic E-state index is 0.0274. The summed E-state index contributed by atoms with van der Waals surface area (Å²) in [5.74, 6) is 0.731. The van der Waals surface area contributed by atoms with Crippen LogP contribution in [0.15, 0.2) is 54.6 Å². The number of fused-ring (bicyclic) bond motifs is 1. The number of carbonyl (C=O) groups is 2. The molecule has 1 aromatic heterocycles. The van der Waals surface area contributed by atoms with Crippen LogP contribution in [0.5, 0.6) is 0 Å². The third kappa shape index (κ3) is 4.25. The van der Waals surface area contributed by atoms with Crippen LogP contribution >= 0.6 is 0 Å². The van der Waals surface area contributed by atoms with E-state index in [0.29, 0.717) is 18.7 Å². The lowest BCUT2D eigenvalue weighted by Crippen LogP contribution is -2.30. The van der Waals surface area contributed by atoms with Crippen LogP contribution < -0.4 is 5.32 Å². The zero-order valence-electron chi connectivity index (χ0n) is 16.0. The van der Waals surface area contributed by atoms with E-state index >= 15 is 0 Å². The highest BCUT2D eigenvalue weighted by molar-refractivity contribution is 5.84. The second-order valence-electron chi connectivity index (χ2n) is 6.89. The van der Waals surface area contributed by atoms with Crippen LogP contribution in [-0.4, -0.2) is 21.2 Å². The molecule has 0 aliphatic carbocycles. The van der Waals surface area contributed by atoms with Gasteiger partial charge < -0.3 is 9.88 Å². The van der Waals surface area contributed by atoms with Gasteiger partial charge in [0.2, 0.25) is 5.91 Å². The first-order chi connectivity index (χ1) is 13.0. The Bertz CT molecular complexity index is 947. The van der Waals surface area contributed by atoms with Gasteiger partial charge in [-0.25, -0.2) is 4.98 Å². The Morgan fingerprint density at radius 1 is 1.04 bits per heavy atom. The molecule has 3 aromatic rings. The number of para-hydroxylation sites is 2. The number of aromatic nitrogens is 2. The topological polar surface area (TPSA) is 64.0 Å². The molecule has 1 heterocycles. The molecule has 27 heavy (non-hydrogen) atoms. The molecule has 0 bridgehead atoms. The average molecular weight is 363 g/mol. The molecule has 0 aliphatic rings. The van der Waals surface area contributed by atoms with Crippen molar-refractivity contribution in [2.45, 2.75) is 45.7 Å². The fourth-order valence-electron chi connectivity index (χ4n) is 3.24. The zero-order valence-corrected chi connectivity index (χ0v) is 16.0. The molecule has 5 nitrogen and oxygen atoms in total. The molecule has 0 spiro atoms. The number of benzene rings is 2. The van der Waals surface area contributed by atoms with Crippen LogP contribution in [0, 0.1) is 0 Å². The molecule has 0 aliphatic heterocycles. The molecule has 3 rings (SSSR count). The van der Waals surface area contributed by atoms with Gasteiger partial charge in [0.1, 0.15) is 5.82 Å². The van der Waals surface area contributed by atoms with Crippen molar-refractivity contribution in [2.24, 2.45) is 0 Å². The van der Waals surface area contributed by atoms with Gasteiger partial charge in [0.15, 0.2) is 5.78 Å². The number of amides is 1. The first kappa shape index (κ1) is 18.8. The number of nitrogens with one attached hydrogen (secondary N) is 1. The molecule has 0 saturated carbocycles. The predicted octanol–water partition coefficient (Wildman–Crippen LogP) is 4.00. The molecule has 140 valence electrons. The summed E-state index contributed by atoms with van der Waals surface area (Å²) < 4.78 is 1.93. The SMILES string of the molecule is CC(=O)C(C)n1c(C(C)NC(=O)CCc2ccccc2)nc2ccccc21. The Balaban J connectivity index is 1.78. The number of carbonyl (C=O) groups excluding carboxylic acids is 2. The molecular weight excluding hydrogens is 338 g/mol. The summed E-state index contributed by atoms with van der Waals surface area (Å²) in [6.07, 6.45) is 1.11. The zero-order chi connectivity index (χ0) is 19.4. The summed E-state index contributed by atoms with van der Waals surface area (Å²) >= 11 is 0. The van der Waals surface area contributed by atoms with Gasteiger partial charge >= 0.3 is 0 Å². The van der Waals surface area contributed by atoms with Gasteiger partial charge in [-0.1, -0.05) is 42.5 Å². The highest BCUT2D eigenvalue weighted by Crippen LogP contribution is 2.25. The number of nitrogens with zero attached hydrogens (tertiary/aromatic N) is 2. The number of ketones is 1. The van der Waals surface area contributed by atoms with Gasteiger partial charge in [-0.3, -0.25) is 9.59 Å². The molecule has 1 amide bonds. The predicted molar refractivity (Wildman–Crippen MR) is 106 cm³/mol. The van der Waals surface area contributed by atoms with Crippen LogP contribution in [0.2, 0.25) is 0 Å². The minimum atomic E-state index is -0.337. The fraction of sp³-hybridized carbons (Fsp3) is 0.318. The third-order valence-electron chi connectivity index (χ3n) is 4.85. The van der Waals surface area contributed by atoms with Crippen molar-refractivity contribution in [2.75, 3.05) is 0 Å². The second-order valence-corrected chi connectivity index (χ2v) is 6.89. The first-order valence-electron chi connectivity index (χ1n) is 9.28. The third-order valence-corrected chi connectivity index (χ3v) is 4.85. The van der Waals surface area contributed by atoms with Crippen molar-refractivity contribution in [3.05, 3.63) is 66.0 Å². The Morgan fingerprint density at radius 3 is 2.41 bits per heavy atom. The van der Waals surface area contributed by atoms with Crippen molar-refractivity contribution >= 4 is 22.7 Å². The summed E-state index contributed by atoms with van der Waals surface area (Å²) in [6, 6.07) is 17.1. The standard InChI is InChI=1S/C22H25N3O2/c1-15(23-21(27)14-13-18-9-5-4-6-10-18)22-24-19-11-7-8-12-20(19)25(22)16(2)17(3)26/h4-12,15-16H,13-14H2,1-3H3,(H,23,27). The van der Waals surface area contributed by atoms with E-state index in [1.807, 2.05) is 73.0 Å². The largest absolute Gasteiger partial charge is 0.346 e. The molecule has 0 saturated heterocycles. The number of imidazole rings is 1. The minimum Gasteiger partial charge on any atom is -0.346 e. The summed E-state index contributed by atoms with van der Waals surface area (Å²) in [5.41, 5.74) is 2.87. The molecule has 2 unspecified atom stereocenters. The maximum Gasteiger partial charge on any atom is 0.220 e. The second kappa shape index (κ2) is 8.16. The highest BCUT2D eigenvalue weighted by atomic mass is 16.1. The highest BCUT2D eigenvalue weighted by Gasteiger charge is 2.23. The number of aryl methyl sites for hydroxylation is 1. The lowest BCUT2D eigenvalue weighted by molar-refractivity contribution is -0.121. The number of Topliss-reactive ketones (excluding diaryl/α,β-unsaturated/α-hetero) is 1. The van der Waals surface area contributed by atoms with E-state index in [0.717, 1.165) is 16.6 Å². The lowest BCUT2D eigenvalue weighted by atomic mass is 10.1. The Kier molecular flexibility index (Phi) is 5.69. The summed E-state index contributed by atoms with van der Waals surface area (Å²) in [4.78, 5) is 29.1. The fourth-order valence-corrected chi connectivity index (χ4v) is 3.24. The van der Waals surface area contributed by atoms with Crippen molar-refractivity contribution in [1.29, 1.82) is 0 Å². The molecule has 5 heteroatoms. The quantitative estimate of drug-likeness (QED) is 0.690. The van der Waals surface area contributed by atoms with Gasteiger partial charge in [-0.2, -0.15) is 0 Å². The monoisotopic (exact) mass is 363 g/mol. The van der Waals surface area contributed by atoms with E-state index in [2.05, 4.69) is 10.3 Å². The van der Waals surface area contributed by atoms with Gasteiger partial charge in [-0.05, 0) is 44.9 Å². The van der Waals surface area contributed by atoms with E-state index in [4.69, 9.17) is 0 Å². The van der Waals surface area contributed by atoms with Crippen LogP contribution in [0.4, 0.5) is 0 Å². The Morgan fingerprint density at radius 2 is 1.70 bits per heavy atom. The Hall–Kier alpha value is -2.95. The van der Waals surface area contributed by atoms with Gasteiger partial charge in [0, 0.05) is 6.42 Å². The molecule has 2 atom stereocenters. The molecule has 0 fully saturated rings. The maximum atomic E-state index is 12.4. The molecule has 1 N–H and O–H groups in total. The van der Waals surface area contributed by atoms with Crippen LogP contribution in [-0.2, 0) is 16.0 Å². The van der Waals surface area contributed by atoms with Crippen LogP contribution in [0.25, 0.3) is 11.0 Å². The normalized spacial score (nSPS) is 13.3. The number of hydrogen-bond donors (Lipinski definition) is 1. The van der Waals surface area contributed by atoms with Gasteiger partial charge in [0.05, 0.1) is 23.1 Å². The van der Waals surface area contributed by atoms with E-state index in [9.17, 15) is 9.59 Å². The van der Waals surface area contributed by atoms with E-state index < -0.39 is 0 Å². The van der Waals surface area contributed by atoms with Crippen molar-refractivity contribution in [1.82, 2.24) is 14.9 Å². The van der Waals surface area contributed by atoms with Crippen LogP contribution in [0.1, 0.15) is 50.7 Å². The number of hydrogen-bond acceptors (Lipinski definition) is 3. The van der Waals surface area contributed by atoms with Crippen molar-refractivity contribution in [3.63, 3.8) is 0 Å². The first-order valence-corrected chi connectivity index (χ1v) is 9.28. The lowest BCUT2D eigenvalue weighted by Gasteiger charge is -2.19. The van der Waals surface area contributed by atoms with Gasteiger partial charge in [-0.15, -0.1) is 0 Å². The Labute approximate surface area is 159 Å². The van der Waals surface area contributed by atoms with E-state index in [1.54, 1.807) is 6.92 Å².